The van der Waals surface area contributed by atoms with Crippen LogP contribution in [0.5, 0.6) is 0 Å². The molecule has 0 aromatic rings. The largest absolute Gasteiger partial charge is 0.481 e. The summed E-state index contributed by atoms with van der Waals surface area (Å²) in [5.41, 5.74) is 0. The van der Waals surface area contributed by atoms with Crippen molar-refractivity contribution >= 4 is 30.8 Å². The first-order valence-corrected chi connectivity index (χ1v) is 8.40. The van der Waals surface area contributed by atoms with E-state index < -0.39 is 5.97 Å². The molecule has 2 aliphatic rings. The molecule has 2 heterocycles. The van der Waals surface area contributed by atoms with Crippen molar-refractivity contribution in [2.75, 3.05) is 26.2 Å². The first-order chi connectivity index (χ1) is 9.75. The number of carboxylic acid groups (broad SMARTS) is 1. The summed E-state index contributed by atoms with van der Waals surface area (Å²) in [6.45, 7) is 4.43. The van der Waals surface area contributed by atoms with Gasteiger partial charge in [0.05, 0.1) is 5.92 Å². The third-order valence-corrected chi connectivity index (χ3v) is 5.11. The van der Waals surface area contributed by atoms with Crippen LogP contribution < -0.4 is 10.6 Å². The fraction of sp³-hybridized carbons (Fsp3) is 0.938. The summed E-state index contributed by atoms with van der Waals surface area (Å²) in [4.78, 5) is 11.4. The molecule has 2 rings (SSSR count). The van der Waals surface area contributed by atoms with Gasteiger partial charge >= 0.3 is 5.97 Å². The Bertz CT molecular complexity index is 272. The van der Waals surface area contributed by atoms with E-state index in [0.29, 0.717) is 0 Å². The van der Waals surface area contributed by atoms with E-state index in [1.165, 1.54) is 25.7 Å². The number of hydrogen-bond acceptors (Lipinski definition) is 3. The van der Waals surface area contributed by atoms with Gasteiger partial charge in [-0.2, -0.15) is 0 Å². The fourth-order valence-electron chi connectivity index (χ4n) is 3.61. The van der Waals surface area contributed by atoms with Crippen molar-refractivity contribution < 1.29 is 9.90 Å². The summed E-state index contributed by atoms with van der Waals surface area (Å²) >= 11 is 0. The lowest BCUT2D eigenvalue weighted by Gasteiger charge is -2.25. The van der Waals surface area contributed by atoms with Crippen LogP contribution in [0.15, 0.2) is 0 Å². The maximum Gasteiger partial charge on any atom is 0.306 e. The van der Waals surface area contributed by atoms with Gasteiger partial charge in [-0.3, -0.25) is 4.79 Å². The monoisotopic (exact) mass is 354 g/mol. The normalized spacial score (nSPS) is 20.2. The van der Waals surface area contributed by atoms with Crippen molar-refractivity contribution in [2.24, 2.45) is 17.8 Å². The number of aliphatic carboxylic acids is 1. The topological polar surface area (TPSA) is 61.4 Å². The zero-order chi connectivity index (χ0) is 14.2. The molecule has 0 saturated carbocycles. The van der Waals surface area contributed by atoms with Gasteiger partial charge in [0.1, 0.15) is 0 Å². The van der Waals surface area contributed by atoms with Crippen LogP contribution in [0.4, 0.5) is 0 Å². The van der Waals surface area contributed by atoms with Crippen molar-refractivity contribution in [1.82, 2.24) is 10.6 Å². The van der Waals surface area contributed by atoms with E-state index in [0.717, 1.165) is 63.7 Å². The lowest BCUT2D eigenvalue weighted by atomic mass is 9.85. The van der Waals surface area contributed by atoms with Gasteiger partial charge in [-0.05, 0) is 89.4 Å². The molecule has 2 fully saturated rings. The SMILES string of the molecule is Cl.Cl.O=C(O)C(CCC1CCNCC1)CCC1CCNCC1. The highest BCUT2D eigenvalue weighted by Crippen LogP contribution is 2.26. The standard InChI is InChI=1S/C16H30N2O2.2ClH/c19-16(20)15(3-1-13-5-9-17-10-6-13)4-2-14-7-11-18-12-8-14;;/h13-15,17-18H,1-12H2,(H,19,20);2*1H. The molecule has 132 valence electrons. The molecule has 22 heavy (non-hydrogen) atoms. The van der Waals surface area contributed by atoms with Gasteiger partial charge in [0.25, 0.3) is 0 Å². The molecule has 3 N–H and O–H groups in total. The van der Waals surface area contributed by atoms with Gasteiger partial charge in [0, 0.05) is 0 Å². The van der Waals surface area contributed by atoms with E-state index in [2.05, 4.69) is 10.6 Å². The molecule has 0 bridgehead atoms. The molecule has 0 spiro atoms. The Balaban J connectivity index is 0.00000220. The molecule has 2 saturated heterocycles. The molecule has 0 aromatic heterocycles. The quantitative estimate of drug-likeness (QED) is 0.657. The number of piperidine rings is 2. The summed E-state index contributed by atoms with van der Waals surface area (Å²) in [6.07, 6.45) is 8.86. The van der Waals surface area contributed by atoms with Crippen molar-refractivity contribution in [2.45, 2.75) is 51.4 Å². The Morgan fingerprint density at radius 3 is 1.55 bits per heavy atom. The number of rotatable bonds is 7. The Kier molecular flexibility index (Phi) is 12.4. The second-order valence-corrected chi connectivity index (χ2v) is 6.58. The molecule has 0 unspecified atom stereocenters. The molecule has 0 aromatic carbocycles. The highest BCUT2D eigenvalue weighted by Gasteiger charge is 2.22. The highest BCUT2D eigenvalue weighted by atomic mass is 35.5. The lowest BCUT2D eigenvalue weighted by Crippen LogP contribution is -2.29. The summed E-state index contributed by atoms with van der Waals surface area (Å²) in [5.74, 6) is 0.807. The number of hydrogen-bond donors (Lipinski definition) is 3. The van der Waals surface area contributed by atoms with Crippen LogP contribution in [0.2, 0.25) is 0 Å². The van der Waals surface area contributed by atoms with Gasteiger partial charge < -0.3 is 15.7 Å². The second kappa shape index (κ2) is 12.4. The van der Waals surface area contributed by atoms with E-state index in [4.69, 9.17) is 0 Å². The molecule has 4 nitrogen and oxygen atoms in total. The average molecular weight is 355 g/mol. The van der Waals surface area contributed by atoms with Crippen molar-refractivity contribution in [1.29, 1.82) is 0 Å². The summed E-state index contributed by atoms with van der Waals surface area (Å²) in [6, 6.07) is 0. The molecule has 0 radical (unpaired) electrons. The van der Waals surface area contributed by atoms with E-state index >= 15 is 0 Å². The number of nitrogens with one attached hydrogen (secondary N) is 2. The predicted molar refractivity (Wildman–Crippen MR) is 95.3 cm³/mol. The third kappa shape index (κ3) is 8.00. The first-order valence-electron chi connectivity index (χ1n) is 8.40. The fourth-order valence-corrected chi connectivity index (χ4v) is 3.61. The van der Waals surface area contributed by atoms with Crippen LogP contribution in [0.3, 0.4) is 0 Å². The van der Waals surface area contributed by atoms with Crippen molar-refractivity contribution in [3.05, 3.63) is 0 Å². The smallest absolute Gasteiger partial charge is 0.306 e. The summed E-state index contributed by atoms with van der Waals surface area (Å²) in [7, 11) is 0. The van der Waals surface area contributed by atoms with Crippen LogP contribution in [-0.2, 0) is 4.79 Å². The Labute approximate surface area is 147 Å². The van der Waals surface area contributed by atoms with Crippen LogP contribution >= 0.6 is 24.8 Å². The molecular formula is C16H32Cl2N2O2. The van der Waals surface area contributed by atoms with Crippen LogP contribution in [0.1, 0.15) is 51.4 Å². The highest BCUT2D eigenvalue weighted by molar-refractivity contribution is 5.85. The maximum absolute atomic E-state index is 11.4. The van der Waals surface area contributed by atoms with Gasteiger partial charge in [-0.25, -0.2) is 0 Å². The zero-order valence-corrected chi connectivity index (χ0v) is 15.0. The van der Waals surface area contributed by atoms with Crippen LogP contribution in [-0.4, -0.2) is 37.3 Å². The van der Waals surface area contributed by atoms with E-state index in [-0.39, 0.29) is 30.7 Å². The van der Waals surface area contributed by atoms with Crippen molar-refractivity contribution in [3.63, 3.8) is 0 Å². The molecule has 6 heteroatoms. The molecular weight excluding hydrogens is 323 g/mol. The summed E-state index contributed by atoms with van der Waals surface area (Å²) in [5, 5.41) is 16.1. The lowest BCUT2D eigenvalue weighted by molar-refractivity contribution is -0.142. The minimum Gasteiger partial charge on any atom is -0.481 e. The predicted octanol–water partition coefficient (Wildman–Crippen LogP) is 3.09. The average Bonchev–Trinajstić information content (AvgIpc) is 2.49. The number of carboxylic acids is 1. The van der Waals surface area contributed by atoms with Crippen LogP contribution in [0, 0.1) is 17.8 Å². The van der Waals surface area contributed by atoms with Gasteiger partial charge in [0.2, 0.25) is 0 Å². The van der Waals surface area contributed by atoms with Crippen LogP contribution in [0.25, 0.3) is 0 Å². The first kappa shape index (κ1) is 22.0. The minimum absolute atomic E-state index is 0. The molecule has 0 amide bonds. The van der Waals surface area contributed by atoms with E-state index in [9.17, 15) is 9.90 Å². The second-order valence-electron chi connectivity index (χ2n) is 6.58. The summed E-state index contributed by atoms with van der Waals surface area (Å²) < 4.78 is 0. The van der Waals surface area contributed by atoms with Gasteiger partial charge in [0.15, 0.2) is 0 Å². The van der Waals surface area contributed by atoms with E-state index in [1.807, 2.05) is 0 Å². The van der Waals surface area contributed by atoms with Gasteiger partial charge in [-0.15, -0.1) is 24.8 Å². The zero-order valence-electron chi connectivity index (χ0n) is 13.4. The van der Waals surface area contributed by atoms with Crippen molar-refractivity contribution in [3.8, 4) is 0 Å². The Morgan fingerprint density at radius 1 is 0.864 bits per heavy atom. The van der Waals surface area contributed by atoms with Gasteiger partial charge in [-0.1, -0.05) is 0 Å². The number of halogens is 2. The molecule has 2 aliphatic heterocycles. The Morgan fingerprint density at radius 2 is 1.23 bits per heavy atom. The molecule has 0 atom stereocenters. The maximum atomic E-state index is 11.4. The minimum atomic E-state index is -0.576. The van der Waals surface area contributed by atoms with E-state index in [1.54, 1.807) is 0 Å². The molecule has 0 aliphatic carbocycles. The third-order valence-electron chi connectivity index (χ3n) is 5.11. The number of carbonyl (C=O) groups is 1. The Hall–Kier alpha value is -0.0300.